The van der Waals surface area contributed by atoms with Gasteiger partial charge in [0.05, 0.1) is 0 Å². The summed E-state index contributed by atoms with van der Waals surface area (Å²) >= 11 is 0. The Kier molecular flexibility index (Phi) is 7.27. The van der Waals surface area contributed by atoms with Crippen LogP contribution in [0.15, 0.2) is 60.2 Å². The van der Waals surface area contributed by atoms with E-state index in [-0.39, 0.29) is 43.0 Å². The van der Waals surface area contributed by atoms with Crippen LogP contribution in [0.3, 0.4) is 0 Å². The molecular weight excluding hydrogens is 436 g/mol. The number of aliphatic carboxylic acids is 1. The molecule has 2 amide bonds. The molecule has 178 valence electrons. The van der Waals surface area contributed by atoms with Crippen molar-refractivity contribution in [3.05, 3.63) is 71.3 Å². The Labute approximate surface area is 198 Å². The second kappa shape index (κ2) is 10.5. The molecule has 1 saturated heterocycles. The number of nitrogens with one attached hydrogen (secondary N) is 2. The van der Waals surface area contributed by atoms with Gasteiger partial charge in [-0.2, -0.15) is 0 Å². The molecule has 1 aliphatic carbocycles. The van der Waals surface area contributed by atoms with Crippen LogP contribution in [-0.4, -0.2) is 55.5 Å². The van der Waals surface area contributed by atoms with Crippen molar-refractivity contribution in [3.8, 4) is 11.1 Å². The molecule has 2 aromatic rings. The zero-order chi connectivity index (χ0) is 24.1. The fourth-order valence-electron chi connectivity index (χ4n) is 4.49. The monoisotopic (exact) mass is 464 g/mol. The van der Waals surface area contributed by atoms with Crippen molar-refractivity contribution in [1.82, 2.24) is 10.6 Å². The van der Waals surface area contributed by atoms with Gasteiger partial charge in [-0.3, -0.25) is 4.79 Å². The van der Waals surface area contributed by atoms with Crippen LogP contribution in [0.4, 0.5) is 4.79 Å². The quantitative estimate of drug-likeness (QED) is 0.518. The average molecular weight is 465 g/mol. The lowest BCUT2D eigenvalue weighted by molar-refractivity contribution is -0.133. The number of hydrogen-bond donors (Lipinski definition) is 3. The molecule has 0 radical (unpaired) electrons. The van der Waals surface area contributed by atoms with Crippen LogP contribution >= 0.6 is 0 Å². The standard InChI is InChI=1S/C26H28N2O6/c1-16(25(30)31)10-12-27-24(29)23-17(11-13-33-23)14-28-26(32)34-15-22-20-8-4-2-6-18(20)19-7-3-5-9-21(19)22/h2-10,17,22-23H,11-15H2,1H3,(H,27,29)(H,28,32)(H,30,31)/b16-10+. The van der Waals surface area contributed by atoms with E-state index in [0.717, 1.165) is 22.3 Å². The highest BCUT2D eigenvalue weighted by molar-refractivity contribution is 5.86. The molecule has 2 atom stereocenters. The third-order valence-electron chi connectivity index (χ3n) is 6.35. The Morgan fingerprint density at radius 2 is 1.71 bits per heavy atom. The summed E-state index contributed by atoms with van der Waals surface area (Å²) in [5.41, 5.74) is 4.77. The predicted molar refractivity (Wildman–Crippen MR) is 125 cm³/mol. The Morgan fingerprint density at radius 1 is 1.06 bits per heavy atom. The fourth-order valence-corrected chi connectivity index (χ4v) is 4.49. The molecule has 34 heavy (non-hydrogen) atoms. The molecule has 3 N–H and O–H groups in total. The van der Waals surface area contributed by atoms with Gasteiger partial charge >= 0.3 is 12.1 Å². The van der Waals surface area contributed by atoms with Gasteiger partial charge in [0.15, 0.2) is 0 Å². The number of rotatable bonds is 8. The Morgan fingerprint density at radius 3 is 2.35 bits per heavy atom. The van der Waals surface area contributed by atoms with Crippen LogP contribution < -0.4 is 10.6 Å². The molecule has 2 aliphatic rings. The molecule has 0 saturated carbocycles. The lowest BCUT2D eigenvalue weighted by atomic mass is 9.98. The van der Waals surface area contributed by atoms with E-state index in [1.807, 2.05) is 24.3 Å². The van der Waals surface area contributed by atoms with Crippen LogP contribution in [0.2, 0.25) is 0 Å². The van der Waals surface area contributed by atoms with E-state index < -0.39 is 18.2 Å². The van der Waals surface area contributed by atoms with Gasteiger partial charge < -0.3 is 25.2 Å². The second-order valence-electron chi connectivity index (χ2n) is 8.48. The molecule has 0 aromatic heterocycles. The first-order valence-corrected chi connectivity index (χ1v) is 11.3. The molecule has 1 heterocycles. The number of carboxylic acid groups (broad SMARTS) is 1. The highest BCUT2D eigenvalue weighted by atomic mass is 16.5. The van der Waals surface area contributed by atoms with E-state index in [0.29, 0.717) is 13.0 Å². The highest BCUT2D eigenvalue weighted by Gasteiger charge is 2.34. The maximum atomic E-state index is 12.4. The highest BCUT2D eigenvalue weighted by Crippen LogP contribution is 2.44. The summed E-state index contributed by atoms with van der Waals surface area (Å²) < 4.78 is 11.1. The summed E-state index contributed by atoms with van der Waals surface area (Å²) in [6, 6.07) is 16.3. The van der Waals surface area contributed by atoms with Crippen molar-refractivity contribution >= 4 is 18.0 Å². The number of alkyl carbamates (subject to hydrolysis) is 1. The SMILES string of the molecule is C/C(=C\CNC(=O)C1OCCC1CNC(=O)OCC1c2ccccc2-c2ccccc21)C(=O)O. The number of benzene rings is 2. The first-order valence-electron chi connectivity index (χ1n) is 11.3. The molecule has 8 heteroatoms. The van der Waals surface area contributed by atoms with Crippen LogP contribution in [0.25, 0.3) is 11.1 Å². The minimum atomic E-state index is -1.03. The molecule has 8 nitrogen and oxygen atoms in total. The first-order chi connectivity index (χ1) is 16.5. The molecule has 2 aromatic carbocycles. The zero-order valence-corrected chi connectivity index (χ0v) is 19.0. The number of ether oxygens (including phenoxy) is 2. The normalized spacial score (nSPS) is 19.3. The maximum Gasteiger partial charge on any atom is 0.407 e. The third kappa shape index (κ3) is 5.12. The Balaban J connectivity index is 1.28. The van der Waals surface area contributed by atoms with E-state index in [4.69, 9.17) is 14.6 Å². The van der Waals surface area contributed by atoms with Gasteiger partial charge in [0.25, 0.3) is 0 Å². The topological polar surface area (TPSA) is 114 Å². The fraction of sp³-hybridized carbons (Fsp3) is 0.346. The second-order valence-corrected chi connectivity index (χ2v) is 8.48. The summed E-state index contributed by atoms with van der Waals surface area (Å²) in [6.45, 7) is 2.45. The average Bonchev–Trinajstić information content (AvgIpc) is 3.44. The van der Waals surface area contributed by atoms with Crippen molar-refractivity contribution in [2.45, 2.75) is 25.4 Å². The van der Waals surface area contributed by atoms with Crippen LogP contribution in [0.1, 0.15) is 30.4 Å². The number of carboxylic acids is 1. The summed E-state index contributed by atoms with van der Waals surface area (Å²) in [5, 5.41) is 14.3. The van der Waals surface area contributed by atoms with Crippen LogP contribution in [0, 0.1) is 5.92 Å². The zero-order valence-electron chi connectivity index (χ0n) is 19.0. The molecule has 0 spiro atoms. The van der Waals surface area contributed by atoms with Crippen molar-refractivity contribution < 1.29 is 29.0 Å². The van der Waals surface area contributed by atoms with Gasteiger partial charge in [-0.05, 0) is 35.6 Å². The largest absolute Gasteiger partial charge is 0.478 e. The first kappa shape index (κ1) is 23.5. The van der Waals surface area contributed by atoms with E-state index in [9.17, 15) is 14.4 Å². The smallest absolute Gasteiger partial charge is 0.407 e. The van der Waals surface area contributed by atoms with Gasteiger partial charge in [-0.1, -0.05) is 54.6 Å². The Hall–Kier alpha value is -3.65. The Bertz CT molecular complexity index is 1070. The van der Waals surface area contributed by atoms with Gasteiger partial charge in [-0.25, -0.2) is 9.59 Å². The number of carbonyl (C=O) groups is 3. The van der Waals surface area contributed by atoms with Crippen molar-refractivity contribution in [3.63, 3.8) is 0 Å². The number of carbonyl (C=O) groups excluding carboxylic acids is 2. The number of fused-ring (bicyclic) bond motifs is 3. The van der Waals surface area contributed by atoms with E-state index in [1.165, 1.54) is 13.0 Å². The summed E-state index contributed by atoms with van der Waals surface area (Å²) in [6.07, 6.45) is 0.825. The maximum absolute atomic E-state index is 12.4. The van der Waals surface area contributed by atoms with E-state index in [2.05, 4.69) is 34.9 Å². The van der Waals surface area contributed by atoms with Crippen molar-refractivity contribution in [1.29, 1.82) is 0 Å². The predicted octanol–water partition coefficient (Wildman–Crippen LogP) is 3.08. The van der Waals surface area contributed by atoms with E-state index >= 15 is 0 Å². The van der Waals surface area contributed by atoms with Gasteiger partial charge in [0.1, 0.15) is 12.7 Å². The van der Waals surface area contributed by atoms with Crippen molar-refractivity contribution in [2.24, 2.45) is 5.92 Å². The van der Waals surface area contributed by atoms with Gasteiger partial charge in [0.2, 0.25) is 5.91 Å². The molecule has 4 rings (SSSR count). The molecule has 0 bridgehead atoms. The summed E-state index contributed by atoms with van der Waals surface area (Å²) in [4.78, 5) is 35.7. The third-order valence-corrected chi connectivity index (χ3v) is 6.35. The van der Waals surface area contributed by atoms with E-state index in [1.54, 1.807) is 0 Å². The number of hydrogen-bond acceptors (Lipinski definition) is 5. The lowest BCUT2D eigenvalue weighted by Crippen LogP contribution is -2.42. The van der Waals surface area contributed by atoms with Gasteiger partial charge in [-0.15, -0.1) is 0 Å². The molecule has 2 unspecified atom stereocenters. The van der Waals surface area contributed by atoms with Crippen molar-refractivity contribution in [2.75, 3.05) is 26.3 Å². The summed E-state index contributed by atoms with van der Waals surface area (Å²) in [5.74, 6) is -1.57. The minimum Gasteiger partial charge on any atom is -0.478 e. The summed E-state index contributed by atoms with van der Waals surface area (Å²) in [7, 11) is 0. The van der Waals surface area contributed by atoms with Crippen LogP contribution in [0.5, 0.6) is 0 Å². The van der Waals surface area contributed by atoms with Crippen LogP contribution in [-0.2, 0) is 19.1 Å². The molecule has 1 aliphatic heterocycles. The van der Waals surface area contributed by atoms with Gasteiger partial charge in [0, 0.05) is 37.1 Å². The molecule has 1 fully saturated rings. The lowest BCUT2D eigenvalue weighted by Gasteiger charge is -2.19. The minimum absolute atomic E-state index is 0.0196. The molecular formula is C26H28N2O6. The number of amides is 2.